The van der Waals surface area contributed by atoms with Crippen molar-refractivity contribution in [3.63, 3.8) is 0 Å². The Bertz CT molecular complexity index is 545. The minimum atomic E-state index is -5.89. The number of nitrogens with zero attached hydrogens (tertiary/aromatic N) is 1. The van der Waals surface area contributed by atoms with Crippen LogP contribution in [0.25, 0.3) is 0 Å². The molecule has 138 valence electrons. The number of nitrogens with two attached hydrogens (primary N) is 1. The molecule has 0 radical (unpaired) electrons. The maximum Gasteiger partial charge on any atom is 0.430 e. The largest absolute Gasteiger partial charge is 0.430 e. The molecule has 9 heteroatoms. The van der Waals surface area contributed by atoms with Gasteiger partial charge in [0.2, 0.25) is 0 Å². The van der Waals surface area contributed by atoms with E-state index in [9.17, 15) is 31.4 Å². The van der Waals surface area contributed by atoms with E-state index in [1.54, 1.807) is 11.9 Å². The zero-order valence-corrected chi connectivity index (χ0v) is 13.5. The van der Waals surface area contributed by atoms with Gasteiger partial charge in [-0.3, -0.25) is 0 Å². The van der Waals surface area contributed by atoms with Crippen LogP contribution in [0.1, 0.15) is 23.1 Å². The van der Waals surface area contributed by atoms with Crippen molar-refractivity contribution in [2.45, 2.75) is 38.2 Å². The summed E-state index contributed by atoms with van der Waals surface area (Å²) in [4.78, 5) is 1.71. The predicted molar refractivity (Wildman–Crippen MR) is 78.9 cm³/mol. The van der Waals surface area contributed by atoms with Crippen LogP contribution in [-0.4, -0.2) is 37.6 Å². The van der Waals surface area contributed by atoms with E-state index < -0.39 is 23.5 Å². The Hall–Kier alpha value is -1.48. The standard InChI is InChI=1S/C15H20F6N2O/c1-9-7-11(13(24,14(16,17)18)15(19,20)21)8-10(2)12(9)23(3)6-4-5-22/h7-8,24H,4-6,22H2,1-3H3. The molecule has 24 heavy (non-hydrogen) atoms. The molecule has 0 aliphatic carbocycles. The van der Waals surface area contributed by atoms with Gasteiger partial charge in [0.05, 0.1) is 0 Å². The Kier molecular flexibility index (Phi) is 5.82. The summed E-state index contributed by atoms with van der Waals surface area (Å²) in [6.07, 6.45) is -11.2. The SMILES string of the molecule is Cc1cc(C(O)(C(F)(F)F)C(F)(F)F)cc(C)c1N(C)CCCN. The van der Waals surface area contributed by atoms with Crippen LogP contribution in [0.5, 0.6) is 0 Å². The summed E-state index contributed by atoms with van der Waals surface area (Å²) in [5.41, 5.74) is 0.166. The molecule has 1 aromatic rings. The molecule has 0 atom stereocenters. The number of rotatable bonds is 5. The average Bonchev–Trinajstić information content (AvgIpc) is 2.40. The first-order chi connectivity index (χ1) is 10.8. The first-order valence-corrected chi connectivity index (χ1v) is 7.16. The van der Waals surface area contributed by atoms with Gasteiger partial charge >= 0.3 is 12.4 Å². The molecule has 0 spiro atoms. The lowest BCUT2D eigenvalue weighted by Crippen LogP contribution is -2.54. The van der Waals surface area contributed by atoms with Crippen molar-refractivity contribution in [3.05, 3.63) is 28.8 Å². The molecule has 0 aromatic heterocycles. The predicted octanol–water partition coefficient (Wildman–Crippen LogP) is 3.40. The van der Waals surface area contributed by atoms with E-state index >= 15 is 0 Å². The van der Waals surface area contributed by atoms with Gasteiger partial charge in [-0.2, -0.15) is 26.3 Å². The molecule has 0 aliphatic rings. The van der Waals surface area contributed by atoms with E-state index in [1.165, 1.54) is 13.8 Å². The van der Waals surface area contributed by atoms with E-state index in [-0.39, 0.29) is 11.1 Å². The van der Waals surface area contributed by atoms with Crippen LogP contribution in [0.2, 0.25) is 0 Å². The lowest BCUT2D eigenvalue weighted by Gasteiger charge is -2.34. The van der Waals surface area contributed by atoms with Crippen molar-refractivity contribution in [1.29, 1.82) is 0 Å². The Labute approximate surface area is 136 Å². The van der Waals surface area contributed by atoms with Gasteiger partial charge in [-0.25, -0.2) is 0 Å². The summed E-state index contributed by atoms with van der Waals surface area (Å²) in [5.74, 6) is 0. The monoisotopic (exact) mass is 358 g/mol. The minimum Gasteiger partial charge on any atom is -0.374 e. The van der Waals surface area contributed by atoms with Crippen LogP contribution in [0.15, 0.2) is 12.1 Å². The Morgan fingerprint density at radius 2 is 1.42 bits per heavy atom. The quantitative estimate of drug-likeness (QED) is 0.794. The molecule has 1 aromatic carbocycles. The second-order valence-corrected chi connectivity index (χ2v) is 5.73. The van der Waals surface area contributed by atoms with Crippen LogP contribution >= 0.6 is 0 Å². The Morgan fingerprint density at radius 3 is 1.75 bits per heavy atom. The number of anilines is 1. The molecule has 0 unspecified atom stereocenters. The molecule has 3 N–H and O–H groups in total. The second-order valence-electron chi connectivity index (χ2n) is 5.73. The van der Waals surface area contributed by atoms with E-state index in [0.717, 1.165) is 12.1 Å². The molecule has 0 saturated heterocycles. The van der Waals surface area contributed by atoms with Crippen LogP contribution in [0.3, 0.4) is 0 Å². The van der Waals surface area contributed by atoms with Crippen molar-refractivity contribution in [3.8, 4) is 0 Å². The van der Waals surface area contributed by atoms with Gasteiger partial charge < -0.3 is 15.7 Å². The number of aliphatic hydroxyl groups is 1. The second kappa shape index (κ2) is 6.79. The number of aryl methyl sites for hydroxylation is 2. The maximum absolute atomic E-state index is 13.0. The maximum atomic E-state index is 13.0. The van der Waals surface area contributed by atoms with Crippen molar-refractivity contribution in [2.24, 2.45) is 5.73 Å². The first-order valence-electron chi connectivity index (χ1n) is 7.16. The summed E-state index contributed by atoms with van der Waals surface area (Å²) in [6.45, 7) is 3.71. The van der Waals surface area contributed by atoms with Crippen molar-refractivity contribution in [1.82, 2.24) is 0 Å². The molecule has 0 bridgehead atoms. The molecule has 0 heterocycles. The fourth-order valence-electron chi connectivity index (χ4n) is 2.70. The van der Waals surface area contributed by atoms with Gasteiger partial charge in [0.15, 0.2) is 0 Å². The zero-order valence-electron chi connectivity index (χ0n) is 13.5. The fourth-order valence-corrected chi connectivity index (χ4v) is 2.70. The third kappa shape index (κ3) is 3.61. The van der Waals surface area contributed by atoms with Gasteiger partial charge in [0.25, 0.3) is 5.60 Å². The first kappa shape index (κ1) is 20.6. The molecule has 0 aliphatic heterocycles. The summed E-state index contributed by atoms with van der Waals surface area (Å²) in [5, 5.41) is 9.50. The highest BCUT2D eigenvalue weighted by molar-refractivity contribution is 5.60. The molecule has 0 fully saturated rings. The molecule has 0 amide bonds. The van der Waals surface area contributed by atoms with E-state index in [2.05, 4.69) is 0 Å². The number of hydrogen-bond acceptors (Lipinski definition) is 3. The highest BCUT2D eigenvalue weighted by Gasteiger charge is 2.71. The van der Waals surface area contributed by atoms with Gasteiger partial charge in [-0.05, 0) is 37.9 Å². The van der Waals surface area contributed by atoms with E-state index in [0.29, 0.717) is 25.2 Å². The van der Waals surface area contributed by atoms with Crippen molar-refractivity contribution in [2.75, 3.05) is 25.0 Å². The highest BCUT2D eigenvalue weighted by Crippen LogP contribution is 2.50. The smallest absolute Gasteiger partial charge is 0.374 e. The topological polar surface area (TPSA) is 49.5 Å². The Balaban J connectivity index is 3.47. The summed E-state index contributed by atoms with van der Waals surface area (Å²) < 4.78 is 77.9. The molecule has 1 rings (SSSR count). The van der Waals surface area contributed by atoms with Crippen LogP contribution < -0.4 is 10.6 Å². The summed E-state index contributed by atoms with van der Waals surface area (Å²) >= 11 is 0. The van der Waals surface area contributed by atoms with Crippen molar-refractivity contribution < 1.29 is 31.4 Å². The lowest BCUT2D eigenvalue weighted by molar-refractivity contribution is -0.376. The third-order valence-electron chi connectivity index (χ3n) is 3.81. The number of benzene rings is 1. The number of hydrogen-bond donors (Lipinski definition) is 2. The minimum absolute atomic E-state index is 0.205. The zero-order chi connectivity index (χ0) is 18.9. The average molecular weight is 358 g/mol. The van der Waals surface area contributed by atoms with E-state index in [1.807, 2.05) is 0 Å². The van der Waals surface area contributed by atoms with Crippen LogP contribution in [0, 0.1) is 13.8 Å². The van der Waals surface area contributed by atoms with Crippen LogP contribution in [-0.2, 0) is 5.60 Å². The molecular formula is C15H20F6N2O. The molecular weight excluding hydrogens is 338 g/mol. The molecule has 3 nitrogen and oxygen atoms in total. The van der Waals surface area contributed by atoms with Crippen LogP contribution in [0.4, 0.5) is 32.0 Å². The number of halogens is 6. The number of alkyl halides is 6. The van der Waals surface area contributed by atoms with Gasteiger partial charge in [-0.1, -0.05) is 12.1 Å². The van der Waals surface area contributed by atoms with Gasteiger partial charge in [0, 0.05) is 24.8 Å². The molecule has 0 saturated carbocycles. The highest BCUT2D eigenvalue weighted by atomic mass is 19.4. The Morgan fingerprint density at radius 1 is 1.00 bits per heavy atom. The fraction of sp³-hybridized carbons (Fsp3) is 0.600. The van der Waals surface area contributed by atoms with Crippen molar-refractivity contribution >= 4 is 5.69 Å². The van der Waals surface area contributed by atoms with E-state index in [4.69, 9.17) is 5.73 Å². The van der Waals surface area contributed by atoms with Gasteiger partial charge in [-0.15, -0.1) is 0 Å². The third-order valence-corrected chi connectivity index (χ3v) is 3.81. The van der Waals surface area contributed by atoms with Gasteiger partial charge in [0.1, 0.15) is 0 Å². The lowest BCUT2D eigenvalue weighted by atomic mass is 9.88. The normalized spacial score (nSPS) is 13.3. The summed E-state index contributed by atoms with van der Waals surface area (Å²) in [6, 6.07) is 1.45. The summed E-state index contributed by atoms with van der Waals surface area (Å²) in [7, 11) is 1.67.